The van der Waals surface area contributed by atoms with Crippen LogP contribution < -0.4 is 0 Å². The van der Waals surface area contributed by atoms with Crippen molar-refractivity contribution in [3.63, 3.8) is 0 Å². The number of carbonyl (C=O) groups excluding carboxylic acids is 1. The number of alkyl halides is 3. The first-order valence-electron chi connectivity index (χ1n) is 4.82. The summed E-state index contributed by atoms with van der Waals surface area (Å²) in [5.74, 6) is -0.665. The minimum atomic E-state index is -4.47. The second-order valence-corrected chi connectivity index (χ2v) is 4.90. The molecule has 0 aliphatic heterocycles. The Labute approximate surface area is 116 Å². The minimum Gasteiger partial charge on any atom is -0.469 e. The molecule has 0 aromatic heterocycles. The molecule has 8 heteroatoms. The third-order valence-corrected chi connectivity index (χ3v) is 3.05. The second kappa shape index (κ2) is 6.17. The Bertz CT molecular complexity index is 540. The van der Waals surface area contributed by atoms with Gasteiger partial charge in [-0.05, 0) is 29.5 Å². The molecular weight excluding hydrogens is 303 g/mol. The van der Waals surface area contributed by atoms with Crippen LogP contribution in [0.5, 0.6) is 0 Å². The number of carbonyl (C=O) groups is 1. The van der Waals surface area contributed by atoms with Crippen LogP contribution in [0.2, 0.25) is 5.02 Å². The van der Waals surface area contributed by atoms with E-state index in [1.54, 1.807) is 6.07 Å². The Morgan fingerprint density at radius 1 is 1.53 bits per heavy atom. The Hall–Kier alpha value is -1.39. The molecule has 0 saturated heterocycles. The summed E-state index contributed by atoms with van der Waals surface area (Å²) >= 11 is 5.37. The zero-order valence-corrected chi connectivity index (χ0v) is 11.1. The number of methoxy groups -OCH3 is 1. The largest absolute Gasteiger partial charge is 0.469 e. The number of nitriles is 1. The van der Waals surface area contributed by atoms with Crippen molar-refractivity contribution in [3.05, 3.63) is 28.3 Å². The minimum absolute atomic E-state index is 0.0291. The van der Waals surface area contributed by atoms with E-state index in [9.17, 15) is 18.0 Å². The van der Waals surface area contributed by atoms with Crippen LogP contribution in [0.3, 0.4) is 0 Å². The molecule has 0 spiro atoms. The third kappa shape index (κ3) is 4.65. The summed E-state index contributed by atoms with van der Waals surface area (Å²) in [6.07, 6.45) is -0.314. The number of rotatable bonds is 3. The van der Waals surface area contributed by atoms with Gasteiger partial charge >= 0.3 is 11.5 Å². The summed E-state index contributed by atoms with van der Waals surface area (Å²) in [5, 5.41) is 8.76. The van der Waals surface area contributed by atoms with Gasteiger partial charge in [0.15, 0.2) is 0 Å². The highest BCUT2D eigenvalue weighted by Crippen LogP contribution is 2.39. The van der Waals surface area contributed by atoms with Crippen molar-refractivity contribution >= 4 is 29.3 Å². The molecule has 1 aromatic carbocycles. The lowest BCUT2D eigenvalue weighted by atomic mass is 10.1. The molecule has 0 aliphatic carbocycles. The van der Waals surface area contributed by atoms with Crippen LogP contribution in [-0.2, 0) is 16.0 Å². The average Bonchev–Trinajstić information content (AvgIpc) is 2.26. The summed E-state index contributed by atoms with van der Waals surface area (Å²) in [6, 6.07) is 3.90. The maximum atomic E-state index is 12.3. The molecule has 0 unspecified atom stereocenters. The fourth-order valence-corrected chi connectivity index (χ4v) is 2.31. The standard InChI is InChI=1S/C11H7ClF3NO2S/c1-18-10(17)3-6-2-7(19-11(13,14)15)4-9(12)8(6)5-16/h2,4H,3H2,1H3. The van der Waals surface area contributed by atoms with Gasteiger partial charge in [0.25, 0.3) is 0 Å². The number of halogens is 4. The SMILES string of the molecule is COC(=O)Cc1cc(SC(F)(F)F)cc(Cl)c1C#N. The molecular formula is C11H7ClF3NO2S. The molecule has 0 bridgehead atoms. The van der Waals surface area contributed by atoms with Crippen LogP contribution in [0.1, 0.15) is 11.1 Å². The predicted molar refractivity (Wildman–Crippen MR) is 63.8 cm³/mol. The van der Waals surface area contributed by atoms with Crippen LogP contribution in [0, 0.1) is 11.3 Å². The Balaban J connectivity index is 3.19. The van der Waals surface area contributed by atoms with Crippen LogP contribution in [0.15, 0.2) is 17.0 Å². The molecule has 102 valence electrons. The van der Waals surface area contributed by atoms with E-state index in [-0.39, 0.29) is 39.2 Å². The van der Waals surface area contributed by atoms with Gasteiger partial charge in [0.1, 0.15) is 6.07 Å². The van der Waals surface area contributed by atoms with E-state index < -0.39 is 11.5 Å². The molecule has 19 heavy (non-hydrogen) atoms. The summed E-state index contributed by atoms with van der Waals surface area (Å²) in [7, 11) is 1.14. The van der Waals surface area contributed by atoms with Gasteiger partial charge in [-0.2, -0.15) is 18.4 Å². The van der Waals surface area contributed by atoms with E-state index >= 15 is 0 Å². The molecule has 1 aromatic rings. The normalized spacial score (nSPS) is 10.9. The Kier molecular flexibility index (Phi) is 5.09. The van der Waals surface area contributed by atoms with Crippen LogP contribution >= 0.6 is 23.4 Å². The number of hydrogen-bond acceptors (Lipinski definition) is 4. The molecule has 3 nitrogen and oxygen atoms in total. The highest BCUT2D eigenvalue weighted by Gasteiger charge is 2.30. The van der Waals surface area contributed by atoms with Gasteiger partial charge in [0, 0.05) is 4.90 Å². The Morgan fingerprint density at radius 2 is 2.16 bits per heavy atom. The van der Waals surface area contributed by atoms with Crippen molar-refractivity contribution in [3.8, 4) is 6.07 Å². The number of thioether (sulfide) groups is 1. The van der Waals surface area contributed by atoms with Crippen molar-refractivity contribution in [2.45, 2.75) is 16.8 Å². The van der Waals surface area contributed by atoms with E-state index in [0.29, 0.717) is 0 Å². The van der Waals surface area contributed by atoms with Gasteiger partial charge in [-0.15, -0.1) is 0 Å². The van der Waals surface area contributed by atoms with Gasteiger partial charge < -0.3 is 4.74 Å². The zero-order chi connectivity index (χ0) is 14.6. The first-order valence-corrected chi connectivity index (χ1v) is 6.01. The number of ether oxygens (including phenoxy) is 1. The second-order valence-electron chi connectivity index (χ2n) is 3.35. The van der Waals surface area contributed by atoms with Gasteiger partial charge in [-0.3, -0.25) is 4.79 Å². The summed E-state index contributed by atoms with van der Waals surface area (Å²) in [4.78, 5) is 11.0. The molecule has 0 amide bonds. The molecule has 0 radical (unpaired) electrons. The van der Waals surface area contributed by atoms with E-state index in [1.807, 2.05) is 0 Å². The number of nitrogens with zero attached hydrogens (tertiary/aromatic N) is 1. The maximum Gasteiger partial charge on any atom is 0.446 e. The van der Waals surface area contributed by atoms with Crippen molar-refractivity contribution in [2.75, 3.05) is 7.11 Å². The summed E-state index contributed by atoms with van der Waals surface area (Å²) in [5.41, 5.74) is -4.40. The lowest BCUT2D eigenvalue weighted by Gasteiger charge is -2.10. The monoisotopic (exact) mass is 309 g/mol. The summed E-state index contributed by atoms with van der Waals surface area (Å²) < 4.78 is 41.3. The van der Waals surface area contributed by atoms with E-state index in [0.717, 1.165) is 19.2 Å². The van der Waals surface area contributed by atoms with Gasteiger partial charge in [-0.25, -0.2) is 0 Å². The highest BCUT2D eigenvalue weighted by molar-refractivity contribution is 8.00. The molecule has 0 saturated carbocycles. The van der Waals surface area contributed by atoms with Crippen molar-refractivity contribution in [1.29, 1.82) is 5.26 Å². The van der Waals surface area contributed by atoms with Crippen molar-refractivity contribution in [2.24, 2.45) is 0 Å². The average molecular weight is 310 g/mol. The van der Waals surface area contributed by atoms with Crippen LogP contribution in [0.4, 0.5) is 13.2 Å². The lowest BCUT2D eigenvalue weighted by molar-refractivity contribution is -0.139. The first kappa shape index (κ1) is 15.7. The molecule has 0 N–H and O–H groups in total. The number of benzene rings is 1. The maximum absolute atomic E-state index is 12.3. The highest BCUT2D eigenvalue weighted by atomic mass is 35.5. The van der Waals surface area contributed by atoms with Crippen LogP contribution in [-0.4, -0.2) is 18.6 Å². The molecule has 0 atom stereocenters. The first-order chi connectivity index (χ1) is 8.76. The quantitative estimate of drug-likeness (QED) is 0.633. The molecule has 0 fully saturated rings. The number of hydrogen-bond donors (Lipinski definition) is 0. The van der Waals surface area contributed by atoms with Crippen molar-refractivity contribution < 1.29 is 22.7 Å². The topological polar surface area (TPSA) is 50.1 Å². The molecule has 0 heterocycles. The fraction of sp³-hybridized carbons (Fsp3) is 0.273. The lowest BCUT2D eigenvalue weighted by Crippen LogP contribution is -2.07. The third-order valence-electron chi connectivity index (χ3n) is 2.05. The Morgan fingerprint density at radius 3 is 2.63 bits per heavy atom. The molecule has 0 aliphatic rings. The van der Waals surface area contributed by atoms with Gasteiger partial charge in [-0.1, -0.05) is 11.6 Å². The van der Waals surface area contributed by atoms with E-state index in [4.69, 9.17) is 16.9 Å². The number of esters is 1. The predicted octanol–water partition coefficient (Wildman–Crippen LogP) is 3.54. The van der Waals surface area contributed by atoms with Crippen LogP contribution in [0.25, 0.3) is 0 Å². The summed E-state index contributed by atoms with van der Waals surface area (Å²) in [6.45, 7) is 0. The van der Waals surface area contributed by atoms with Crippen molar-refractivity contribution in [1.82, 2.24) is 0 Å². The molecule has 1 rings (SSSR count). The zero-order valence-electron chi connectivity index (χ0n) is 9.55. The van der Waals surface area contributed by atoms with E-state index in [1.165, 1.54) is 0 Å². The smallest absolute Gasteiger partial charge is 0.446 e. The van der Waals surface area contributed by atoms with Gasteiger partial charge in [0.05, 0.1) is 24.1 Å². The fourth-order valence-electron chi connectivity index (χ4n) is 1.32. The van der Waals surface area contributed by atoms with Gasteiger partial charge in [0.2, 0.25) is 0 Å². The van der Waals surface area contributed by atoms with E-state index in [2.05, 4.69) is 4.74 Å².